The second-order valence-electron chi connectivity index (χ2n) is 5.36. The van der Waals surface area contributed by atoms with Gasteiger partial charge in [-0.25, -0.2) is 0 Å². The van der Waals surface area contributed by atoms with Gasteiger partial charge in [0, 0.05) is 17.8 Å². The minimum absolute atomic E-state index is 0.124. The van der Waals surface area contributed by atoms with Crippen LogP contribution in [0.15, 0.2) is 53.6 Å². The van der Waals surface area contributed by atoms with Crippen molar-refractivity contribution < 1.29 is 14.6 Å². The van der Waals surface area contributed by atoms with Crippen LogP contribution in [-0.2, 0) is 4.79 Å². The molecule has 140 valence electrons. The number of anilines is 2. The maximum atomic E-state index is 11.9. The summed E-state index contributed by atoms with van der Waals surface area (Å²) in [6.45, 7) is 1.56. The molecule has 0 atom stereocenters. The monoisotopic (exact) mass is 372 g/mol. The van der Waals surface area contributed by atoms with Gasteiger partial charge >= 0.3 is 0 Å². The van der Waals surface area contributed by atoms with Gasteiger partial charge in [-0.15, -0.1) is 0 Å². The molecule has 1 amide bonds. The molecule has 2 aromatic carbocycles. The maximum absolute atomic E-state index is 11.9. The molecular formula is C16H16N6O5. The number of para-hydroxylation sites is 4. The van der Waals surface area contributed by atoms with Crippen molar-refractivity contribution in [2.24, 2.45) is 5.10 Å². The molecule has 27 heavy (non-hydrogen) atoms. The molecule has 0 aliphatic carbocycles. The molecule has 0 saturated carbocycles. The highest BCUT2D eigenvalue weighted by Crippen LogP contribution is 2.23. The van der Waals surface area contributed by atoms with Crippen LogP contribution in [0.5, 0.6) is 0 Å². The number of hydrogen-bond donors (Lipinski definition) is 3. The molecule has 0 saturated heterocycles. The largest absolute Gasteiger partial charge is 0.294 e. The number of nitro benzene ring substituents is 2. The second kappa shape index (κ2) is 8.89. The van der Waals surface area contributed by atoms with E-state index in [1.54, 1.807) is 19.1 Å². The summed E-state index contributed by atoms with van der Waals surface area (Å²) in [6, 6.07) is 11.8. The fourth-order valence-corrected chi connectivity index (χ4v) is 2.07. The smallest absolute Gasteiger partial charge is 0.292 e. The first kappa shape index (κ1) is 19.3. The number of nitrogens with one attached hydrogen (secondary N) is 3. The van der Waals surface area contributed by atoms with Gasteiger partial charge in [-0.05, 0) is 19.1 Å². The molecule has 11 heteroatoms. The summed E-state index contributed by atoms with van der Waals surface area (Å²) >= 11 is 0. The highest BCUT2D eigenvalue weighted by atomic mass is 16.6. The molecule has 0 aliphatic heterocycles. The normalized spacial score (nSPS) is 10.8. The van der Waals surface area contributed by atoms with E-state index in [4.69, 9.17) is 0 Å². The van der Waals surface area contributed by atoms with Crippen molar-refractivity contribution in [3.63, 3.8) is 0 Å². The van der Waals surface area contributed by atoms with E-state index in [9.17, 15) is 25.0 Å². The van der Waals surface area contributed by atoms with Crippen molar-refractivity contribution in [2.75, 3.05) is 10.9 Å². The Bertz CT molecular complexity index is 898. The summed E-state index contributed by atoms with van der Waals surface area (Å²) < 4.78 is 0. The first-order valence-corrected chi connectivity index (χ1v) is 7.69. The lowest BCUT2D eigenvalue weighted by atomic mass is 10.2. The van der Waals surface area contributed by atoms with E-state index in [-0.39, 0.29) is 29.2 Å². The molecule has 0 bridgehead atoms. The number of hydrogen-bond acceptors (Lipinski definition) is 8. The number of amides is 1. The molecule has 3 N–H and O–H groups in total. The summed E-state index contributed by atoms with van der Waals surface area (Å²) in [5.41, 5.74) is 7.76. The van der Waals surface area contributed by atoms with E-state index in [2.05, 4.69) is 21.4 Å². The van der Waals surface area contributed by atoms with E-state index in [1.165, 1.54) is 36.4 Å². The van der Waals surface area contributed by atoms with Crippen LogP contribution in [0.1, 0.15) is 13.3 Å². The summed E-state index contributed by atoms with van der Waals surface area (Å²) in [4.78, 5) is 32.7. The van der Waals surface area contributed by atoms with E-state index in [0.29, 0.717) is 5.71 Å². The Morgan fingerprint density at radius 3 is 2.07 bits per heavy atom. The molecule has 0 radical (unpaired) electrons. The SMILES string of the molecule is CC(CC(=O)NNc1ccccc1[N+](=O)[O-])=NNc1ccccc1[N+](=O)[O-]. The van der Waals surface area contributed by atoms with Gasteiger partial charge in [0.2, 0.25) is 5.91 Å². The highest BCUT2D eigenvalue weighted by molar-refractivity contribution is 6.00. The predicted molar refractivity (Wildman–Crippen MR) is 99.3 cm³/mol. The van der Waals surface area contributed by atoms with Crippen molar-refractivity contribution >= 4 is 34.4 Å². The number of nitrogens with zero attached hydrogens (tertiary/aromatic N) is 3. The number of hydrazine groups is 1. The van der Waals surface area contributed by atoms with E-state index in [0.717, 1.165) is 0 Å². The Kier molecular flexibility index (Phi) is 6.36. The number of rotatable bonds is 8. The van der Waals surface area contributed by atoms with Crippen molar-refractivity contribution in [3.05, 3.63) is 68.8 Å². The molecular weight excluding hydrogens is 356 g/mol. The third kappa shape index (κ3) is 5.49. The summed E-state index contributed by atoms with van der Waals surface area (Å²) in [5.74, 6) is -0.487. The third-order valence-corrected chi connectivity index (χ3v) is 3.32. The van der Waals surface area contributed by atoms with Gasteiger partial charge < -0.3 is 0 Å². The van der Waals surface area contributed by atoms with E-state index >= 15 is 0 Å². The van der Waals surface area contributed by atoms with E-state index < -0.39 is 15.8 Å². The second-order valence-corrected chi connectivity index (χ2v) is 5.36. The lowest BCUT2D eigenvalue weighted by Crippen LogP contribution is -2.31. The molecule has 0 aromatic heterocycles. The standard InChI is InChI=1S/C16H16N6O5/c1-11(17-18-12-6-2-4-8-14(12)21(24)25)10-16(23)20-19-13-7-3-5-9-15(13)22(26)27/h2-9,18-19H,10H2,1H3,(H,20,23). The van der Waals surface area contributed by atoms with Crippen LogP contribution < -0.4 is 16.3 Å². The molecule has 11 nitrogen and oxygen atoms in total. The molecule has 0 spiro atoms. The number of nitro groups is 2. The third-order valence-electron chi connectivity index (χ3n) is 3.32. The van der Waals surface area contributed by atoms with Crippen molar-refractivity contribution in [1.29, 1.82) is 0 Å². The van der Waals surface area contributed by atoms with Gasteiger partial charge in [0.05, 0.1) is 16.3 Å². The number of carbonyl (C=O) groups is 1. The molecule has 2 rings (SSSR count). The number of benzene rings is 2. The molecule has 0 fully saturated rings. The van der Waals surface area contributed by atoms with Crippen LogP contribution in [0.2, 0.25) is 0 Å². The van der Waals surface area contributed by atoms with Crippen molar-refractivity contribution in [3.8, 4) is 0 Å². The lowest BCUT2D eigenvalue weighted by molar-refractivity contribution is -0.384. The lowest BCUT2D eigenvalue weighted by Gasteiger charge is -2.09. The van der Waals surface area contributed by atoms with Gasteiger partial charge in [0.25, 0.3) is 11.4 Å². The molecule has 0 aliphatic rings. The maximum Gasteiger partial charge on any atom is 0.294 e. The fourth-order valence-electron chi connectivity index (χ4n) is 2.07. The van der Waals surface area contributed by atoms with Crippen molar-refractivity contribution in [2.45, 2.75) is 13.3 Å². The van der Waals surface area contributed by atoms with Gasteiger partial charge in [-0.3, -0.25) is 41.3 Å². The minimum Gasteiger partial charge on any atom is -0.292 e. The first-order chi connectivity index (χ1) is 12.9. The Morgan fingerprint density at radius 2 is 1.48 bits per heavy atom. The van der Waals surface area contributed by atoms with Crippen LogP contribution >= 0.6 is 0 Å². The number of hydrazone groups is 1. The Hall–Kier alpha value is -4.02. The Morgan fingerprint density at radius 1 is 0.963 bits per heavy atom. The average molecular weight is 372 g/mol. The highest BCUT2D eigenvalue weighted by Gasteiger charge is 2.14. The van der Waals surface area contributed by atoms with Gasteiger partial charge in [0.1, 0.15) is 11.4 Å². The van der Waals surface area contributed by atoms with E-state index in [1.807, 2.05) is 0 Å². The molecule has 2 aromatic rings. The van der Waals surface area contributed by atoms with Crippen LogP contribution in [0, 0.1) is 20.2 Å². The Balaban J connectivity index is 1.93. The topological polar surface area (TPSA) is 152 Å². The quantitative estimate of drug-likeness (QED) is 0.366. The van der Waals surface area contributed by atoms with Crippen LogP contribution in [0.25, 0.3) is 0 Å². The minimum atomic E-state index is -0.572. The van der Waals surface area contributed by atoms with Crippen LogP contribution in [-0.4, -0.2) is 21.5 Å². The Labute approximate surface area is 153 Å². The van der Waals surface area contributed by atoms with Gasteiger partial charge in [-0.1, -0.05) is 24.3 Å². The fraction of sp³-hybridized carbons (Fsp3) is 0.125. The zero-order valence-electron chi connectivity index (χ0n) is 14.2. The predicted octanol–water partition coefficient (Wildman–Crippen LogP) is 2.82. The zero-order valence-corrected chi connectivity index (χ0v) is 14.2. The van der Waals surface area contributed by atoms with Gasteiger partial charge in [-0.2, -0.15) is 5.10 Å². The molecule has 0 unspecified atom stereocenters. The van der Waals surface area contributed by atoms with Crippen molar-refractivity contribution in [1.82, 2.24) is 5.43 Å². The van der Waals surface area contributed by atoms with Crippen LogP contribution in [0.3, 0.4) is 0 Å². The van der Waals surface area contributed by atoms with Gasteiger partial charge in [0.15, 0.2) is 0 Å². The zero-order chi connectivity index (χ0) is 19.8. The van der Waals surface area contributed by atoms with Crippen LogP contribution in [0.4, 0.5) is 22.7 Å². The summed E-state index contributed by atoms with van der Waals surface area (Å²) in [5, 5.41) is 25.8. The average Bonchev–Trinajstić information content (AvgIpc) is 2.65. The molecule has 0 heterocycles. The first-order valence-electron chi connectivity index (χ1n) is 7.69. The summed E-state index contributed by atoms with van der Waals surface area (Å²) in [7, 11) is 0. The summed E-state index contributed by atoms with van der Waals surface area (Å²) in [6.07, 6.45) is -0.124. The number of carbonyl (C=O) groups excluding carboxylic acids is 1.